The highest BCUT2D eigenvalue weighted by Gasteiger charge is 2.26. The summed E-state index contributed by atoms with van der Waals surface area (Å²) in [5, 5.41) is 4.10. The molecule has 1 fully saturated rings. The summed E-state index contributed by atoms with van der Waals surface area (Å²) in [6, 6.07) is 7.94. The van der Waals surface area contributed by atoms with Crippen molar-refractivity contribution in [1.29, 1.82) is 0 Å². The van der Waals surface area contributed by atoms with Crippen molar-refractivity contribution < 1.29 is 14.1 Å². The van der Waals surface area contributed by atoms with Gasteiger partial charge in [-0.2, -0.15) is 4.98 Å². The first-order valence-corrected chi connectivity index (χ1v) is 10.3. The zero-order valence-electron chi connectivity index (χ0n) is 17.2. The summed E-state index contributed by atoms with van der Waals surface area (Å²) in [4.78, 5) is 19.4. The van der Waals surface area contributed by atoms with E-state index in [1.54, 1.807) is 7.11 Å². The van der Waals surface area contributed by atoms with Crippen molar-refractivity contribution in [2.75, 3.05) is 13.7 Å². The Hall–Kier alpha value is -2.37. The standard InChI is InChI=1S/C22H31N3O3/c1-16(2)14-21(26)25(18-9-5-4-6-10-18)13-12-20-23-22(24-28-20)17-8-7-11-19(15-17)27-3/h7-8,11,15-16,18H,4-6,9-10,12-14H2,1-3H3. The lowest BCUT2D eigenvalue weighted by molar-refractivity contribution is -0.135. The molecule has 0 bridgehead atoms. The number of aromatic nitrogens is 2. The largest absolute Gasteiger partial charge is 0.497 e. The first-order valence-electron chi connectivity index (χ1n) is 10.3. The lowest BCUT2D eigenvalue weighted by atomic mass is 9.93. The molecule has 1 amide bonds. The van der Waals surface area contributed by atoms with Crippen LogP contribution in [0.2, 0.25) is 0 Å². The Bertz CT molecular complexity index is 766. The van der Waals surface area contributed by atoms with E-state index in [9.17, 15) is 4.79 Å². The molecule has 1 aliphatic rings. The van der Waals surface area contributed by atoms with Crippen LogP contribution >= 0.6 is 0 Å². The van der Waals surface area contributed by atoms with Crippen LogP contribution in [0.5, 0.6) is 5.75 Å². The Balaban J connectivity index is 1.67. The van der Waals surface area contributed by atoms with Gasteiger partial charge in [0.05, 0.1) is 7.11 Å². The van der Waals surface area contributed by atoms with Gasteiger partial charge < -0.3 is 14.2 Å². The molecule has 1 aromatic carbocycles. The summed E-state index contributed by atoms with van der Waals surface area (Å²) >= 11 is 0. The number of hydrogen-bond acceptors (Lipinski definition) is 5. The number of carbonyl (C=O) groups excluding carboxylic acids is 1. The maximum atomic E-state index is 12.8. The van der Waals surface area contributed by atoms with E-state index < -0.39 is 0 Å². The van der Waals surface area contributed by atoms with Crippen LogP contribution in [0.1, 0.15) is 58.3 Å². The topological polar surface area (TPSA) is 68.5 Å². The van der Waals surface area contributed by atoms with E-state index in [0.29, 0.717) is 43.1 Å². The highest BCUT2D eigenvalue weighted by molar-refractivity contribution is 5.76. The average Bonchev–Trinajstić information content (AvgIpc) is 3.17. The van der Waals surface area contributed by atoms with Crippen LogP contribution < -0.4 is 4.74 Å². The fourth-order valence-corrected chi connectivity index (χ4v) is 3.82. The minimum Gasteiger partial charge on any atom is -0.497 e. The minimum absolute atomic E-state index is 0.245. The molecule has 0 aliphatic heterocycles. The lowest BCUT2D eigenvalue weighted by Crippen LogP contribution is -2.43. The fourth-order valence-electron chi connectivity index (χ4n) is 3.82. The van der Waals surface area contributed by atoms with Crippen LogP contribution in [0.4, 0.5) is 0 Å². The number of benzene rings is 1. The molecule has 28 heavy (non-hydrogen) atoms. The predicted octanol–water partition coefficient (Wildman–Crippen LogP) is 4.50. The van der Waals surface area contributed by atoms with Gasteiger partial charge in [0.2, 0.25) is 17.6 Å². The second-order valence-corrected chi connectivity index (χ2v) is 7.97. The Labute approximate surface area is 167 Å². The molecule has 0 radical (unpaired) electrons. The molecule has 0 atom stereocenters. The summed E-state index contributed by atoms with van der Waals surface area (Å²) in [6.45, 7) is 4.82. The van der Waals surface area contributed by atoms with Crippen molar-refractivity contribution in [1.82, 2.24) is 15.0 Å². The Morgan fingerprint density at radius 3 is 2.79 bits per heavy atom. The summed E-state index contributed by atoms with van der Waals surface area (Å²) < 4.78 is 10.7. The van der Waals surface area contributed by atoms with Crippen LogP contribution in [-0.2, 0) is 11.2 Å². The van der Waals surface area contributed by atoms with E-state index in [1.165, 1.54) is 19.3 Å². The average molecular weight is 386 g/mol. The lowest BCUT2D eigenvalue weighted by Gasteiger charge is -2.34. The van der Waals surface area contributed by atoms with Crippen molar-refractivity contribution in [3.05, 3.63) is 30.2 Å². The van der Waals surface area contributed by atoms with Gasteiger partial charge in [0.15, 0.2) is 0 Å². The van der Waals surface area contributed by atoms with Crippen molar-refractivity contribution in [3.8, 4) is 17.1 Å². The fraction of sp³-hybridized carbons (Fsp3) is 0.591. The normalized spacial score (nSPS) is 15.0. The molecule has 1 heterocycles. The van der Waals surface area contributed by atoms with Gasteiger partial charge in [0.1, 0.15) is 5.75 Å². The van der Waals surface area contributed by atoms with Crippen molar-refractivity contribution in [3.63, 3.8) is 0 Å². The smallest absolute Gasteiger partial charge is 0.228 e. The summed E-state index contributed by atoms with van der Waals surface area (Å²) in [6.07, 6.45) is 7.06. The van der Waals surface area contributed by atoms with Gasteiger partial charge in [-0.15, -0.1) is 0 Å². The van der Waals surface area contributed by atoms with Gasteiger partial charge in [-0.3, -0.25) is 4.79 Å². The quantitative estimate of drug-likeness (QED) is 0.669. The number of rotatable bonds is 8. The monoisotopic (exact) mass is 385 g/mol. The van der Waals surface area contributed by atoms with Crippen molar-refractivity contribution in [2.24, 2.45) is 5.92 Å². The summed E-state index contributed by atoms with van der Waals surface area (Å²) in [5.41, 5.74) is 0.856. The van der Waals surface area contributed by atoms with E-state index in [1.807, 2.05) is 24.3 Å². The van der Waals surface area contributed by atoms with Crippen molar-refractivity contribution >= 4 is 5.91 Å². The molecule has 6 nitrogen and oxygen atoms in total. The third-order valence-corrected chi connectivity index (χ3v) is 5.28. The van der Waals surface area contributed by atoms with Crippen LogP contribution in [0.15, 0.2) is 28.8 Å². The van der Waals surface area contributed by atoms with Crippen LogP contribution in [0.25, 0.3) is 11.4 Å². The Kier molecular flexibility index (Phi) is 7.06. The molecule has 1 saturated carbocycles. The van der Waals surface area contributed by atoms with Crippen LogP contribution in [0, 0.1) is 5.92 Å². The van der Waals surface area contributed by atoms with Crippen LogP contribution in [0.3, 0.4) is 0 Å². The maximum Gasteiger partial charge on any atom is 0.228 e. The number of carbonyl (C=O) groups is 1. The summed E-state index contributed by atoms with van der Waals surface area (Å²) in [7, 11) is 1.63. The third-order valence-electron chi connectivity index (χ3n) is 5.28. The molecule has 1 aliphatic carbocycles. The van der Waals surface area contributed by atoms with E-state index >= 15 is 0 Å². The first kappa shape index (κ1) is 20.4. The van der Waals surface area contributed by atoms with E-state index in [0.717, 1.165) is 24.2 Å². The maximum absolute atomic E-state index is 12.8. The zero-order chi connectivity index (χ0) is 19.9. The molecule has 2 aromatic rings. The molecule has 0 unspecified atom stereocenters. The number of amides is 1. The van der Waals surface area contributed by atoms with E-state index in [2.05, 4.69) is 28.9 Å². The van der Waals surface area contributed by atoms with E-state index in [-0.39, 0.29) is 5.91 Å². The van der Waals surface area contributed by atoms with Crippen molar-refractivity contribution in [2.45, 2.75) is 64.8 Å². The molecule has 0 saturated heterocycles. The second-order valence-electron chi connectivity index (χ2n) is 7.97. The first-order chi connectivity index (χ1) is 13.6. The molecule has 3 rings (SSSR count). The van der Waals surface area contributed by atoms with E-state index in [4.69, 9.17) is 9.26 Å². The van der Waals surface area contributed by atoms with Gasteiger partial charge in [0.25, 0.3) is 0 Å². The highest BCUT2D eigenvalue weighted by atomic mass is 16.5. The van der Waals surface area contributed by atoms with Gasteiger partial charge >= 0.3 is 0 Å². The van der Waals surface area contributed by atoms with Gasteiger partial charge in [-0.25, -0.2) is 0 Å². The van der Waals surface area contributed by atoms with Gasteiger partial charge in [-0.05, 0) is 30.9 Å². The Morgan fingerprint density at radius 2 is 2.07 bits per heavy atom. The SMILES string of the molecule is COc1cccc(-c2noc(CCN(C(=O)CC(C)C)C3CCCCC3)n2)c1. The zero-order valence-corrected chi connectivity index (χ0v) is 17.2. The molecule has 152 valence electrons. The molecule has 0 N–H and O–H groups in total. The second kappa shape index (κ2) is 9.71. The Morgan fingerprint density at radius 1 is 1.29 bits per heavy atom. The predicted molar refractivity (Wildman–Crippen MR) is 108 cm³/mol. The number of ether oxygens (including phenoxy) is 1. The third kappa shape index (κ3) is 5.33. The van der Waals surface area contributed by atoms with Crippen LogP contribution in [-0.4, -0.2) is 40.6 Å². The molecule has 6 heteroatoms. The molecule has 1 aromatic heterocycles. The number of nitrogens with zero attached hydrogens (tertiary/aromatic N) is 3. The summed E-state index contributed by atoms with van der Waals surface area (Å²) in [5.74, 6) is 2.48. The minimum atomic E-state index is 0.245. The molecule has 0 spiro atoms. The number of hydrogen-bond donors (Lipinski definition) is 0. The number of methoxy groups -OCH3 is 1. The molecular formula is C22H31N3O3. The van der Waals surface area contributed by atoms with Gasteiger partial charge in [-0.1, -0.05) is 50.4 Å². The highest BCUT2D eigenvalue weighted by Crippen LogP contribution is 2.25. The molecular weight excluding hydrogens is 354 g/mol. The van der Waals surface area contributed by atoms with Gasteiger partial charge in [0, 0.05) is 31.0 Å².